The number of carbonyl (C=O) groups excluding carboxylic acids is 1. The highest BCUT2D eigenvalue weighted by molar-refractivity contribution is 9.10. The summed E-state index contributed by atoms with van der Waals surface area (Å²) < 4.78 is 13.3. The Bertz CT molecular complexity index is 444. The quantitative estimate of drug-likeness (QED) is 0.844. The zero-order valence-corrected chi connectivity index (χ0v) is 10.8. The Morgan fingerprint density at radius 2 is 2.00 bits per heavy atom. The van der Waals surface area contributed by atoms with E-state index in [0.717, 1.165) is 15.7 Å². The maximum atomic E-state index is 12.3. The van der Waals surface area contributed by atoms with Gasteiger partial charge in [-0.15, -0.1) is 0 Å². The Hall–Kier alpha value is -1.23. The number of halogens is 2. The first-order chi connectivity index (χ1) is 8.20. The fourth-order valence-corrected chi connectivity index (χ4v) is 1.97. The fraction of sp³-hybridized carbons (Fsp3) is 0.333. The van der Waals surface area contributed by atoms with Crippen LogP contribution in [0, 0.1) is 0 Å². The molecule has 0 aromatic heterocycles. The summed E-state index contributed by atoms with van der Waals surface area (Å²) in [5.74, 6) is -0.108. The van der Waals surface area contributed by atoms with Crippen LogP contribution in [-0.2, 0) is 4.79 Å². The highest BCUT2D eigenvalue weighted by atomic mass is 79.9. The average Bonchev–Trinajstić information content (AvgIpc) is 2.33. The van der Waals surface area contributed by atoms with E-state index in [4.69, 9.17) is 0 Å². The normalized spacial score (nSPS) is 16.0. The first-order valence-electron chi connectivity index (χ1n) is 5.40. The first kappa shape index (κ1) is 12.2. The molecule has 0 bridgehead atoms. The van der Waals surface area contributed by atoms with Gasteiger partial charge in [0.15, 0.2) is 0 Å². The van der Waals surface area contributed by atoms with Crippen molar-refractivity contribution in [2.75, 3.05) is 13.2 Å². The molecule has 0 N–H and O–H groups in total. The summed E-state index contributed by atoms with van der Waals surface area (Å²) >= 11 is 3.36. The molecule has 1 amide bonds. The second-order valence-electron chi connectivity index (χ2n) is 3.76. The Kier molecular flexibility index (Phi) is 3.89. The van der Waals surface area contributed by atoms with Gasteiger partial charge >= 0.3 is 0 Å². The largest absolute Gasteiger partial charge is 0.273 e. The fourth-order valence-electron chi connectivity index (χ4n) is 1.70. The molecule has 90 valence electrons. The van der Waals surface area contributed by atoms with Crippen molar-refractivity contribution in [1.29, 1.82) is 0 Å². The van der Waals surface area contributed by atoms with Gasteiger partial charge in [-0.25, -0.2) is 9.40 Å². The Morgan fingerprint density at radius 1 is 1.29 bits per heavy atom. The van der Waals surface area contributed by atoms with Gasteiger partial charge in [-0.3, -0.25) is 4.79 Å². The van der Waals surface area contributed by atoms with Crippen molar-refractivity contribution in [2.24, 2.45) is 5.10 Å². The molecule has 0 aliphatic carbocycles. The predicted molar refractivity (Wildman–Crippen MR) is 67.6 cm³/mol. The zero-order chi connectivity index (χ0) is 12.3. The van der Waals surface area contributed by atoms with Crippen molar-refractivity contribution in [3.8, 4) is 0 Å². The third-order valence-electron chi connectivity index (χ3n) is 2.58. The average molecular weight is 299 g/mol. The number of hydrogen-bond donors (Lipinski definition) is 0. The number of carbonyl (C=O) groups is 1. The van der Waals surface area contributed by atoms with E-state index in [2.05, 4.69) is 21.0 Å². The maximum absolute atomic E-state index is 12.3. The number of rotatable bonds is 3. The lowest BCUT2D eigenvalue weighted by Crippen LogP contribution is -2.33. The van der Waals surface area contributed by atoms with Crippen LogP contribution in [0.3, 0.4) is 0 Å². The molecule has 5 heteroatoms. The first-order valence-corrected chi connectivity index (χ1v) is 6.20. The third-order valence-corrected chi connectivity index (χ3v) is 3.11. The molecule has 3 nitrogen and oxygen atoms in total. The van der Waals surface area contributed by atoms with Crippen LogP contribution in [0.4, 0.5) is 4.39 Å². The molecule has 0 radical (unpaired) electrons. The number of benzene rings is 1. The van der Waals surface area contributed by atoms with Crippen LogP contribution < -0.4 is 0 Å². The van der Waals surface area contributed by atoms with Crippen LogP contribution in [0.5, 0.6) is 0 Å². The van der Waals surface area contributed by atoms with E-state index in [1.54, 1.807) is 0 Å². The lowest BCUT2D eigenvalue weighted by molar-refractivity contribution is -0.131. The molecule has 2 rings (SSSR count). The smallest absolute Gasteiger partial charge is 0.243 e. The van der Waals surface area contributed by atoms with Crippen molar-refractivity contribution in [1.82, 2.24) is 5.01 Å². The molecule has 0 atom stereocenters. The van der Waals surface area contributed by atoms with Crippen molar-refractivity contribution in [3.63, 3.8) is 0 Å². The van der Waals surface area contributed by atoms with E-state index >= 15 is 0 Å². The molecule has 1 aliphatic heterocycles. The molecule has 1 aliphatic rings. The highest BCUT2D eigenvalue weighted by Crippen LogP contribution is 2.17. The van der Waals surface area contributed by atoms with E-state index in [1.165, 1.54) is 5.01 Å². The van der Waals surface area contributed by atoms with E-state index in [0.29, 0.717) is 12.8 Å². The van der Waals surface area contributed by atoms with Crippen LogP contribution in [-0.4, -0.2) is 29.8 Å². The van der Waals surface area contributed by atoms with Gasteiger partial charge in [-0.2, -0.15) is 5.10 Å². The molecule has 0 fully saturated rings. The van der Waals surface area contributed by atoms with Crippen LogP contribution >= 0.6 is 15.9 Å². The van der Waals surface area contributed by atoms with E-state index in [9.17, 15) is 9.18 Å². The monoisotopic (exact) mass is 298 g/mol. The molecule has 1 heterocycles. The SMILES string of the molecule is O=C1CCC(c2ccc(Br)cc2)=NN1CCF. The lowest BCUT2D eigenvalue weighted by Gasteiger charge is -2.22. The van der Waals surface area contributed by atoms with Gasteiger partial charge in [0.2, 0.25) is 5.91 Å². The lowest BCUT2D eigenvalue weighted by atomic mass is 10.0. The molecule has 0 spiro atoms. The minimum Gasteiger partial charge on any atom is -0.273 e. The summed E-state index contributed by atoms with van der Waals surface area (Å²) in [5, 5.41) is 5.42. The van der Waals surface area contributed by atoms with Gasteiger partial charge in [0.1, 0.15) is 6.67 Å². The second kappa shape index (κ2) is 5.40. The molecule has 0 unspecified atom stereocenters. The summed E-state index contributed by atoms with van der Waals surface area (Å²) in [7, 11) is 0. The van der Waals surface area contributed by atoms with Crippen molar-refractivity contribution in [3.05, 3.63) is 34.3 Å². The van der Waals surface area contributed by atoms with Crippen LogP contribution in [0.15, 0.2) is 33.8 Å². The van der Waals surface area contributed by atoms with E-state index < -0.39 is 6.67 Å². The Morgan fingerprint density at radius 3 is 2.65 bits per heavy atom. The molecular formula is C12H12BrFN2O. The maximum Gasteiger partial charge on any atom is 0.243 e. The molecule has 17 heavy (non-hydrogen) atoms. The van der Waals surface area contributed by atoms with Crippen LogP contribution in [0.2, 0.25) is 0 Å². The topological polar surface area (TPSA) is 32.7 Å². The second-order valence-corrected chi connectivity index (χ2v) is 4.68. The van der Waals surface area contributed by atoms with Crippen LogP contribution in [0.1, 0.15) is 18.4 Å². The molecule has 0 saturated carbocycles. The number of hydrazone groups is 1. The molecule has 1 aromatic carbocycles. The number of nitrogens with zero attached hydrogens (tertiary/aromatic N) is 2. The summed E-state index contributed by atoms with van der Waals surface area (Å²) in [4.78, 5) is 11.5. The minimum absolute atomic E-state index is 0.0405. The molecule has 0 saturated heterocycles. The van der Waals surface area contributed by atoms with Crippen molar-refractivity contribution in [2.45, 2.75) is 12.8 Å². The minimum atomic E-state index is -0.567. The third kappa shape index (κ3) is 2.91. The Balaban J connectivity index is 2.23. The van der Waals surface area contributed by atoms with Gasteiger partial charge in [0.05, 0.1) is 12.3 Å². The number of amides is 1. The number of hydrogen-bond acceptors (Lipinski definition) is 2. The number of alkyl halides is 1. The molecular weight excluding hydrogens is 287 g/mol. The summed E-state index contributed by atoms with van der Waals surface area (Å²) in [6.07, 6.45) is 1.01. The van der Waals surface area contributed by atoms with Gasteiger partial charge < -0.3 is 0 Å². The molecule has 1 aromatic rings. The predicted octanol–water partition coefficient (Wildman–Crippen LogP) is 2.75. The van der Waals surface area contributed by atoms with E-state index in [-0.39, 0.29) is 12.5 Å². The highest BCUT2D eigenvalue weighted by Gasteiger charge is 2.20. The van der Waals surface area contributed by atoms with Gasteiger partial charge in [0, 0.05) is 17.3 Å². The zero-order valence-electron chi connectivity index (χ0n) is 9.20. The van der Waals surface area contributed by atoms with Crippen molar-refractivity contribution >= 4 is 27.5 Å². The van der Waals surface area contributed by atoms with Gasteiger partial charge in [0.25, 0.3) is 0 Å². The summed E-state index contributed by atoms with van der Waals surface area (Å²) in [6, 6.07) is 7.72. The van der Waals surface area contributed by atoms with Crippen LogP contribution in [0.25, 0.3) is 0 Å². The van der Waals surface area contributed by atoms with Gasteiger partial charge in [-0.05, 0) is 17.7 Å². The van der Waals surface area contributed by atoms with Crippen molar-refractivity contribution < 1.29 is 9.18 Å². The Labute approximate surface area is 107 Å². The summed E-state index contributed by atoms with van der Waals surface area (Å²) in [5.41, 5.74) is 1.81. The van der Waals surface area contributed by atoms with E-state index in [1.807, 2.05) is 24.3 Å². The standard InChI is InChI=1S/C12H12BrFN2O/c13-10-3-1-9(2-4-10)11-5-6-12(17)16(15-11)8-7-14/h1-4H,5-8H2. The summed E-state index contributed by atoms with van der Waals surface area (Å²) in [6.45, 7) is -0.526. The van der Waals surface area contributed by atoms with Gasteiger partial charge in [-0.1, -0.05) is 28.1 Å².